The monoisotopic (exact) mass is 291 g/mol. The molecule has 0 aliphatic heterocycles. The van der Waals surface area contributed by atoms with Gasteiger partial charge in [-0.15, -0.1) is 0 Å². The van der Waals surface area contributed by atoms with Crippen molar-refractivity contribution in [3.63, 3.8) is 0 Å². The number of hydrogen-bond acceptors (Lipinski definition) is 2. The lowest BCUT2D eigenvalue weighted by Crippen LogP contribution is -2.38. The summed E-state index contributed by atoms with van der Waals surface area (Å²) in [5, 5.41) is 7.26. The summed E-state index contributed by atoms with van der Waals surface area (Å²) in [7, 11) is 1.73. The van der Waals surface area contributed by atoms with E-state index in [2.05, 4.69) is 29.5 Å². The normalized spacial score (nSPS) is 12.2. The number of nitrogens with one attached hydrogen (secondary N) is 2. The summed E-state index contributed by atoms with van der Waals surface area (Å²) in [4.78, 5) is 4.17. The summed E-state index contributed by atoms with van der Waals surface area (Å²) in [6.07, 6.45) is 0. The second kappa shape index (κ2) is 6.61. The van der Waals surface area contributed by atoms with Gasteiger partial charge in [-0.2, -0.15) is 0 Å². The highest BCUT2D eigenvalue weighted by atomic mass is 19.1. The van der Waals surface area contributed by atoms with E-state index in [0.29, 0.717) is 18.0 Å². The van der Waals surface area contributed by atoms with Gasteiger partial charge in [0.15, 0.2) is 5.96 Å². The summed E-state index contributed by atoms with van der Waals surface area (Å²) >= 11 is 0. The number of rotatable bonds is 4. The molecule has 0 bridgehead atoms. The number of furan rings is 1. The number of benzene rings is 1. The molecule has 0 saturated heterocycles. The third-order valence-corrected chi connectivity index (χ3v) is 3.31. The van der Waals surface area contributed by atoms with Crippen LogP contribution in [-0.2, 0) is 6.54 Å². The maximum atomic E-state index is 13.3. The zero-order valence-electron chi connectivity index (χ0n) is 13.0. The van der Waals surface area contributed by atoms with Crippen LogP contribution in [0.25, 0.3) is 11.0 Å². The lowest BCUT2D eigenvalue weighted by atomic mass is 10.1. The van der Waals surface area contributed by atoms with E-state index in [9.17, 15) is 4.39 Å². The molecule has 4 nitrogen and oxygen atoms in total. The lowest BCUT2D eigenvalue weighted by Gasteiger charge is -2.12. The average molecular weight is 291 g/mol. The molecule has 0 amide bonds. The number of halogens is 1. The molecule has 0 saturated carbocycles. The number of hydrogen-bond donors (Lipinski definition) is 2. The molecule has 2 aromatic rings. The van der Waals surface area contributed by atoms with Crippen molar-refractivity contribution in [2.24, 2.45) is 10.9 Å². The minimum absolute atomic E-state index is 0.250. The average Bonchev–Trinajstić information content (AvgIpc) is 2.75. The summed E-state index contributed by atoms with van der Waals surface area (Å²) in [6.45, 7) is 7.58. The van der Waals surface area contributed by atoms with Crippen molar-refractivity contribution < 1.29 is 8.81 Å². The SMILES string of the molecule is CN=C(NCc1oc2ccc(F)cc2c1C)NCC(C)C. The minimum atomic E-state index is -0.250. The van der Waals surface area contributed by atoms with Gasteiger partial charge < -0.3 is 15.1 Å². The molecule has 114 valence electrons. The van der Waals surface area contributed by atoms with Gasteiger partial charge in [-0.1, -0.05) is 13.8 Å². The molecule has 0 fully saturated rings. The molecule has 1 aromatic heterocycles. The molecule has 2 rings (SSSR count). The number of fused-ring (bicyclic) bond motifs is 1. The van der Waals surface area contributed by atoms with Crippen LogP contribution in [0.2, 0.25) is 0 Å². The standard InChI is InChI=1S/C16H22FN3O/c1-10(2)8-19-16(18-4)20-9-15-11(3)13-7-12(17)5-6-14(13)21-15/h5-7,10H,8-9H2,1-4H3,(H2,18,19,20). The first-order chi connectivity index (χ1) is 10.0. The van der Waals surface area contributed by atoms with Crippen LogP contribution in [0.5, 0.6) is 0 Å². The van der Waals surface area contributed by atoms with E-state index in [4.69, 9.17) is 4.42 Å². The number of aliphatic imine (C=N–C) groups is 1. The van der Waals surface area contributed by atoms with Crippen molar-refractivity contribution in [2.45, 2.75) is 27.3 Å². The van der Waals surface area contributed by atoms with E-state index in [0.717, 1.165) is 29.2 Å². The molecule has 0 atom stereocenters. The van der Waals surface area contributed by atoms with Gasteiger partial charge in [0.25, 0.3) is 0 Å². The van der Waals surface area contributed by atoms with Crippen LogP contribution in [0.4, 0.5) is 4.39 Å². The molecule has 21 heavy (non-hydrogen) atoms. The van der Waals surface area contributed by atoms with Crippen LogP contribution >= 0.6 is 0 Å². The molecule has 0 unspecified atom stereocenters. The smallest absolute Gasteiger partial charge is 0.191 e. The summed E-state index contributed by atoms with van der Waals surface area (Å²) in [5.41, 5.74) is 1.66. The van der Waals surface area contributed by atoms with E-state index in [-0.39, 0.29) is 5.82 Å². The number of guanidine groups is 1. The Labute approximate surface area is 124 Å². The van der Waals surface area contributed by atoms with Crippen LogP contribution in [0.15, 0.2) is 27.6 Å². The Morgan fingerprint density at radius 1 is 1.33 bits per heavy atom. The third-order valence-electron chi connectivity index (χ3n) is 3.31. The molecule has 0 radical (unpaired) electrons. The third kappa shape index (κ3) is 3.74. The van der Waals surface area contributed by atoms with Crippen molar-refractivity contribution in [1.82, 2.24) is 10.6 Å². The van der Waals surface area contributed by atoms with Gasteiger partial charge in [-0.3, -0.25) is 4.99 Å². The van der Waals surface area contributed by atoms with Crippen LogP contribution in [0.1, 0.15) is 25.2 Å². The van der Waals surface area contributed by atoms with Gasteiger partial charge >= 0.3 is 0 Å². The molecule has 1 heterocycles. The van der Waals surface area contributed by atoms with Gasteiger partial charge in [0.05, 0.1) is 6.54 Å². The molecular weight excluding hydrogens is 269 g/mol. The van der Waals surface area contributed by atoms with Crippen LogP contribution in [-0.4, -0.2) is 19.6 Å². The van der Waals surface area contributed by atoms with Gasteiger partial charge in [-0.05, 0) is 31.0 Å². The van der Waals surface area contributed by atoms with E-state index >= 15 is 0 Å². The highest BCUT2D eigenvalue weighted by Gasteiger charge is 2.11. The Bertz CT molecular complexity index is 646. The fourth-order valence-electron chi connectivity index (χ4n) is 2.10. The molecule has 0 aliphatic carbocycles. The van der Waals surface area contributed by atoms with Gasteiger partial charge in [0.2, 0.25) is 0 Å². The first kappa shape index (κ1) is 15.4. The topological polar surface area (TPSA) is 49.6 Å². The zero-order valence-corrected chi connectivity index (χ0v) is 13.0. The second-order valence-electron chi connectivity index (χ2n) is 5.49. The van der Waals surface area contributed by atoms with Crippen molar-refractivity contribution >= 4 is 16.9 Å². The maximum absolute atomic E-state index is 13.3. The van der Waals surface area contributed by atoms with E-state index in [1.165, 1.54) is 12.1 Å². The summed E-state index contributed by atoms with van der Waals surface area (Å²) in [5.74, 6) is 1.82. The Morgan fingerprint density at radius 3 is 2.76 bits per heavy atom. The number of aryl methyl sites for hydroxylation is 1. The quantitative estimate of drug-likeness (QED) is 0.672. The van der Waals surface area contributed by atoms with E-state index in [1.54, 1.807) is 13.1 Å². The molecule has 5 heteroatoms. The fourth-order valence-corrected chi connectivity index (χ4v) is 2.10. The highest BCUT2D eigenvalue weighted by molar-refractivity contribution is 5.83. The van der Waals surface area contributed by atoms with Gasteiger partial charge in [0.1, 0.15) is 17.2 Å². The minimum Gasteiger partial charge on any atom is -0.459 e. The van der Waals surface area contributed by atoms with E-state index in [1.807, 2.05) is 6.92 Å². The Kier molecular flexibility index (Phi) is 4.83. The summed E-state index contributed by atoms with van der Waals surface area (Å²) < 4.78 is 19.0. The first-order valence-electron chi connectivity index (χ1n) is 7.13. The van der Waals surface area contributed by atoms with Crippen LogP contribution < -0.4 is 10.6 Å². The van der Waals surface area contributed by atoms with Crippen molar-refractivity contribution in [3.8, 4) is 0 Å². The largest absolute Gasteiger partial charge is 0.459 e. The van der Waals surface area contributed by atoms with Gasteiger partial charge in [-0.25, -0.2) is 4.39 Å². The Hall–Kier alpha value is -2.04. The van der Waals surface area contributed by atoms with E-state index < -0.39 is 0 Å². The van der Waals surface area contributed by atoms with Gasteiger partial charge in [0, 0.05) is 24.5 Å². The molecule has 1 aromatic carbocycles. The van der Waals surface area contributed by atoms with Crippen LogP contribution in [0, 0.1) is 18.7 Å². The Morgan fingerprint density at radius 2 is 2.10 bits per heavy atom. The number of nitrogens with zero attached hydrogens (tertiary/aromatic N) is 1. The highest BCUT2D eigenvalue weighted by Crippen LogP contribution is 2.25. The van der Waals surface area contributed by atoms with Crippen molar-refractivity contribution in [3.05, 3.63) is 35.3 Å². The predicted octanol–water partition coefficient (Wildman–Crippen LogP) is 3.20. The molecule has 0 aliphatic rings. The fraction of sp³-hybridized carbons (Fsp3) is 0.438. The molecule has 2 N–H and O–H groups in total. The zero-order chi connectivity index (χ0) is 15.4. The Balaban J connectivity index is 2.08. The predicted molar refractivity (Wildman–Crippen MR) is 83.9 cm³/mol. The second-order valence-corrected chi connectivity index (χ2v) is 5.49. The molecule has 0 spiro atoms. The summed E-state index contributed by atoms with van der Waals surface area (Å²) in [6, 6.07) is 4.57. The molecular formula is C16H22FN3O. The van der Waals surface area contributed by atoms with Crippen molar-refractivity contribution in [2.75, 3.05) is 13.6 Å². The maximum Gasteiger partial charge on any atom is 0.191 e. The van der Waals surface area contributed by atoms with Crippen LogP contribution in [0.3, 0.4) is 0 Å². The first-order valence-corrected chi connectivity index (χ1v) is 7.13. The lowest BCUT2D eigenvalue weighted by molar-refractivity contribution is 0.532. The van der Waals surface area contributed by atoms with Crippen molar-refractivity contribution in [1.29, 1.82) is 0 Å².